The Morgan fingerprint density at radius 3 is 1.32 bits per heavy atom. The zero-order valence-electron chi connectivity index (χ0n) is 15.7. The van der Waals surface area contributed by atoms with Gasteiger partial charge < -0.3 is 9.47 Å². The van der Waals surface area contributed by atoms with Gasteiger partial charge >= 0.3 is 0 Å². The Kier molecular flexibility index (Phi) is 5.60. The fourth-order valence-corrected chi connectivity index (χ4v) is 5.05. The van der Waals surface area contributed by atoms with Crippen molar-refractivity contribution in [3.05, 3.63) is 81.5 Å². The van der Waals surface area contributed by atoms with Crippen molar-refractivity contribution in [1.82, 2.24) is 0 Å². The predicted octanol–water partition coefficient (Wildman–Crippen LogP) is 7.32. The summed E-state index contributed by atoms with van der Waals surface area (Å²) in [5.41, 5.74) is 2.33. The first-order valence-electron chi connectivity index (χ1n) is 8.91. The molecule has 0 aliphatic carbocycles. The number of fused-ring (bicyclic) bond motifs is 1. The minimum atomic E-state index is 0.879. The van der Waals surface area contributed by atoms with Crippen LogP contribution in [-0.4, -0.2) is 14.2 Å². The third kappa shape index (κ3) is 4.35. The monoisotopic (exact) mass is 404 g/mol. The summed E-state index contributed by atoms with van der Waals surface area (Å²) in [7, 11) is 3.37. The fourth-order valence-electron chi connectivity index (χ4n) is 2.82. The Morgan fingerprint density at radius 1 is 0.571 bits per heavy atom. The second-order valence-electron chi connectivity index (χ2n) is 6.24. The lowest BCUT2D eigenvalue weighted by Gasteiger charge is -1.98. The number of methoxy groups -OCH3 is 2. The summed E-state index contributed by atoms with van der Waals surface area (Å²) >= 11 is 3.64. The van der Waals surface area contributed by atoms with E-state index in [4.69, 9.17) is 9.47 Å². The molecule has 2 aromatic carbocycles. The van der Waals surface area contributed by atoms with Crippen LogP contribution in [0.4, 0.5) is 0 Å². The van der Waals surface area contributed by atoms with E-state index in [1.54, 1.807) is 14.2 Å². The highest BCUT2D eigenvalue weighted by molar-refractivity contribution is 7.28. The van der Waals surface area contributed by atoms with Crippen molar-refractivity contribution in [3.63, 3.8) is 0 Å². The van der Waals surface area contributed by atoms with Crippen molar-refractivity contribution in [1.29, 1.82) is 0 Å². The summed E-state index contributed by atoms with van der Waals surface area (Å²) in [6, 6.07) is 20.7. The molecule has 0 radical (unpaired) electrons. The zero-order valence-corrected chi connectivity index (χ0v) is 17.3. The highest BCUT2D eigenvalue weighted by Crippen LogP contribution is 2.35. The van der Waals surface area contributed by atoms with Gasteiger partial charge in [-0.3, -0.25) is 0 Å². The molecule has 0 aliphatic heterocycles. The number of ether oxygens (including phenoxy) is 2. The maximum Gasteiger partial charge on any atom is 0.118 e. The van der Waals surface area contributed by atoms with E-state index in [0.29, 0.717) is 0 Å². The third-order valence-electron chi connectivity index (χ3n) is 4.36. The van der Waals surface area contributed by atoms with Gasteiger partial charge in [0.1, 0.15) is 11.5 Å². The first-order chi connectivity index (χ1) is 13.7. The molecule has 4 aromatic rings. The van der Waals surface area contributed by atoms with E-state index in [9.17, 15) is 0 Å². The largest absolute Gasteiger partial charge is 0.497 e. The highest BCUT2D eigenvalue weighted by atomic mass is 32.1. The molecule has 2 aromatic heterocycles. The van der Waals surface area contributed by atoms with Crippen LogP contribution in [0, 0.1) is 0 Å². The summed E-state index contributed by atoms with van der Waals surface area (Å²) in [6.07, 6.45) is 8.62. The van der Waals surface area contributed by atoms with Crippen LogP contribution in [0.25, 0.3) is 33.7 Å². The quantitative estimate of drug-likeness (QED) is 0.335. The fraction of sp³-hybridized carbons (Fsp3) is 0.0833. The molecule has 0 fully saturated rings. The topological polar surface area (TPSA) is 18.5 Å². The molecule has 4 heteroatoms. The number of benzene rings is 2. The molecule has 0 saturated carbocycles. The van der Waals surface area contributed by atoms with Crippen molar-refractivity contribution in [3.8, 4) is 11.5 Å². The van der Waals surface area contributed by atoms with Gasteiger partial charge in [-0.15, -0.1) is 22.7 Å². The Bertz CT molecular complexity index is 995. The van der Waals surface area contributed by atoms with Gasteiger partial charge in [0.25, 0.3) is 0 Å². The molecule has 2 nitrogen and oxygen atoms in total. The Morgan fingerprint density at radius 2 is 0.964 bits per heavy atom. The van der Waals surface area contributed by atoms with E-state index >= 15 is 0 Å². The van der Waals surface area contributed by atoms with Crippen LogP contribution < -0.4 is 9.47 Å². The van der Waals surface area contributed by atoms with Crippen molar-refractivity contribution in [2.45, 2.75) is 0 Å². The first kappa shape index (κ1) is 18.5. The van der Waals surface area contributed by atoms with Gasteiger partial charge in [-0.25, -0.2) is 0 Å². The molecule has 0 bridgehead atoms. The van der Waals surface area contributed by atoms with E-state index in [2.05, 4.69) is 60.7 Å². The van der Waals surface area contributed by atoms with E-state index in [1.807, 2.05) is 46.9 Å². The number of hydrogen-bond donors (Lipinski definition) is 0. The van der Waals surface area contributed by atoms with Crippen molar-refractivity contribution < 1.29 is 9.47 Å². The van der Waals surface area contributed by atoms with Crippen molar-refractivity contribution in [2.24, 2.45) is 0 Å². The average molecular weight is 405 g/mol. The molecule has 0 saturated heterocycles. The van der Waals surface area contributed by atoms with E-state index < -0.39 is 0 Å². The summed E-state index contributed by atoms with van der Waals surface area (Å²) in [5, 5.41) is 0. The molecule has 140 valence electrons. The highest BCUT2D eigenvalue weighted by Gasteiger charge is 2.04. The normalized spacial score (nSPS) is 11.6. The summed E-state index contributed by atoms with van der Waals surface area (Å²) in [5.74, 6) is 1.76. The SMILES string of the molecule is COc1ccc(/C=C/c2cc3sc(/C=C/c4ccc(OC)cc4)cc3s2)cc1. The van der Waals surface area contributed by atoms with Gasteiger partial charge in [0.05, 0.1) is 14.2 Å². The molecule has 0 unspecified atom stereocenters. The molecular formula is C24H20O2S2. The molecule has 0 N–H and O–H groups in total. The number of rotatable bonds is 6. The third-order valence-corrected chi connectivity index (χ3v) is 6.58. The molecule has 0 amide bonds. The summed E-state index contributed by atoms with van der Waals surface area (Å²) < 4.78 is 13.1. The second kappa shape index (κ2) is 8.46. The van der Waals surface area contributed by atoms with Crippen LogP contribution in [0.1, 0.15) is 20.9 Å². The Hall–Kier alpha value is -2.82. The summed E-state index contributed by atoms with van der Waals surface area (Å²) in [4.78, 5) is 2.53. The Balaban J connectivity index is 1.46. The maximum absolute atomic E-state index is 5.20. The van der Waals surface area contributed by atoms with E-state index in [0.717, 1.165) is 11.5 Å². The number of thiophene rings is 2. The van der Waals surface area contributed by atoms with Gasteiger partial charge in [0.15, 0.2) is 0 Å². The molecule has 2 heterocycles. The van der Waals surface area contributed by atoms with Gasteiger partial charge in [0.2, 0.25) is 0 Å². The second-order valence-corrected chi connectivity index (χ2v) is 8.47. The molecular weight excluding hydrogens is 384 g/mol. The molecule has 4 rings (SSSR count). The smallest absolute Gasteiger partial charge is 0.118 e. The molecule has 28 heavy (non-hydrogen) atoms. The van der Waals surface area contributed by atoms with Crippen LogP contribution in [0.2, 0.25) is 0 Å². The lowest BCUT2D eigenvalue weighted by Crippen LogP contribution is -1.81. The maximum atomic E-state index is 5.20. The minimum Gasteiger partial charge on any atom is -0.497 e. The van der Waals surface area contributed by atoms with Crippen molar-refractivity contribution >= 4 is 56.4 Å². The lowest BCUT2D eigenvalue weighted by molar-refractivity contribution is 0.414. The lowest BCUT2D eigenvalue weighted by atomic mass is 10.2. The van der Waals surface area contributed by atoms with Gasteiger partial charge in [0, 0.05) is 19.2 Å². The zero-order chi connectivity index (χ0) is 19.3. The van der Waals surface area contributed by atoms with Gasteiger partial charge in [-0.1, -0.05) is 36.4 Å². The van der Waals surface area contributed by atoms with Crippen LogP contribution in [-0.2, 0) is 0 Å². The molecule has 0 aliphatic rings. The van der Waals surface area contributed by atoms with E-state index in [-0.39, 0.29) is 0 Å². The predicted molar refractivity (Wildman–Crippen MR) is 124 cm³/mol. The molecule has 0 spiro atoms. The van der Waals surface area contributed by atoms with Crippen LogP contribution in [0.3, 0.4) is 0 Å². The first-order valence-corrected chi connectivity index (χ1v) is 10.5. The van der Waals surface area contributed by atoms with Crippen molar-refractivity contribution in [2.75, 3.05) is 14.2 Å². The van der Waals surface area contributed by atoms with E-state index in [1.165, 1.54) is 30.3 Å². The van der Waals surface area contributed by atoms with Gasteiger partial charge in [-0.05, 0) is 59.7 Å². The molecule has 0 atom stereocenters. The van der Waals surface area contributed by atoms with Crippen LogP contribution in [0.5, 0.6) is 11.5 Å². The van der Waals surface area contributed by atoms with Gasteiger partial charge in [-0.2, -0.15) is 0 Å². The number of hydrogen-bond acceptors (Lipinski definition) is 4. The van der Waals surface area contributed by atoms with Crippen LogP contribution >= 0.6 is 22.7 Å². The standard InChI is InChI=1S/C24H20O2S2/c1-25-19-9-3-17(4-10-19)7-13-21-15-23-24(27-21)16-22(28-23)14-8-18-5-11-20(26-2)12-6-18/h3-16H,1-2H3/b13-7+,14-8+. The summed E-state index contributed by atoms with van der Waals surface area (Å²) in [6.45, 7) is 0. The minimum absolute atomic E-state index is 0.879. The Labute approximate surface area is 173 Å². The van der Waals surface area contributed by atoms with Crippen LogP contribution in [0.15, 0.2) is 60.7 Å². The average Bonchev–Trinajstić information content (AvgIpc) is 3.30.